The molecule has 2 aromatic carbocycles. The lowest BCUT2D eigenvalue weighted by Crippen LogP contribution is -2.07. The molecule has 1 heterocycles. The molecule has 0 aliphatic carbocycles. The largest absolute Gasteiger partial charge is 0.417 e. The Morgan fingerprint density at radius 1 is 0.880 bits per heavy atom. The second-order valence-electron chi connectivity index (χ2n) is 5.07. The first kappa shape index (κ1) is 17.0. The Hall–Kier alpha value is -2.80. The van der Waals surface area contributed by atoms with Gasteiger partial charge in [0.2, 0.25) is 5.95 Å². The predicted octanol–water partition coefficient (Wildman–Crippen LogP) is 5.64. The summed E-state index contributed by atoms with van der Waals surface area (Å²) in [5.74, 6) is 0.671. The summed E-state index contributed by atoms with van der Waals surface area (Å²) in [5, 5.41) is 5.47. The van der Waals surface area contributed by atoms with Crippen LogP contribution in [-0.2, 0) is 6.18 Å². The van der Waals surface area contributed by atoms with Crippen LogP contribution in [-0.4, -0.2) is 9.97 Å². The van der Waals surface area contributed by atoms with Gasteiger partial charge < -0.3 is 10.6 Å². The van der Waals surface area contributed by atoms with Gasteiger partial charge in [-0.15, -0.1) is 0 Å². The van der Waals surface area contributed by atoms with Gasteiger partial charge in [0, 0.05) is 17.6 Å². The van der Waals surface area contributed by atoms with Crippen molar-refractivity contribution in [3.63, 3.8) is 0 Å². The van der Waals surface area contributed by atoms with Gasteiger partial charge in [-0.25, -0.2) is 4.98 Å². The van der Waals surface area contributed by atoms with E-state index in [1.807, 2.05) is 30.3 Å². The van der Waals surface area contributed by atoms with Crippen LogP contribution in [0.2, 0.25) is 5.02 Å². The molecule has 0 amide bonds. The number of halogens is 4. The van der Waals surface area contributed by atoms with Gasteiger partial charge in [-0.05, 0) is 36.4 Å². The molecule has 3 rings (SSSR count). The monoisotopic (exact) mass is 364 g/mol. The molecule has 0 unspecified atom stereocenters. The number of benzene rings is 2. The Bertz CT molecular complexity index is 869. The fraction of sp³-hybridized carbons (Fsp3) is 0.0588. The average molecular weight is 365 g/mol. The zero-order chi connectivity index (χ0) is 17.9. The van der Waals surface area contributed by atoms with Crippen molar-refractivity contribution in [3.8, 4) is 0 Å². The van der Waals surface area contributed by atoms with Crippen molar-refractivity contribution in [1.29, 1.82) is 0 Å². The number of rotatable bonds is 4. The molecular weight excluding hydrogens is 353 g/mol. The van der Waals surface area contributed by atoms with E-state index < -0.39 is 11.7 Å². The molecule has 25 heavy (non-hydrogen) atoms. The van der Waals surface area contributed by atoms with Crippen molar-refractivity contribution in [2.45, 2.75) is 6.18 Å². The standard InChI is InChI=1S/C17H12ClF3N4/c18-14-7-6-12(10-13(14)17(19,20)21)24-16-22-9-8-15(25-16)23-11-4-2-1-3-5-11/h1-10H,(H2,22,23,24,25). The molecule has 1 aromatic heterocycles. The maximum Gasteiger partial charge on any atom is 0.417 e. The first-order chi connectivity index (χ1) is 11.9. The third-order valence-corrected chi connectivity index (χ3v) is 3.56. The summed E-state index contributed by atoms with van der Waals surface area (Å²) in [5.41, 5.74) is 0.101. The minimum atomic E-state index is -4.54. The molecule has 0 bridgehead atoms. The number of anilines is 4. The Kier molecular flexibility index (Phi) is 4.76. The predicted molar refractivity (Wildman–Crippen MR) is 91.5 cm³/mol. The number of hydrogen-bond donors (Lipinski definition) is 2. The highest BCUT2D eigenvalue weighted by Gasteiger charge is 2.33. The molecule has 4 nitrogen and oxygen atoms in total. The summed E-state index contributed by atoms with van der Waals surface area (Å²) >= 11 is 5.61. The summed E-state index contributed by atoms with van der Waals surface area (Å²) in [6, 6.07) is 14.5. The Morgan fingerprint density at radius 3 is 2.36 bits per heavy atom. The van der Waals surface area contributed by atoms with E-state index in [1.165, 1.54) is 18.3 Å². The van der Waals surface area contributed by atoms with Gasteiger partial charge in [0.1, 0.15) is 5.82 Å². The summed E-state index contributed by atoms with van der Waals surface area (Å²) in [7, 11) is 0. The zero-order valence-electron chi connectivity index (χ0n) is 12.7. The van der Waals surface area contributed by atoms with E-state index in [1.54, 1.807) is 6.07 Å². The van der Waals surface area contributed by atoms with Crippen LogP contribution in [0.4, 0.5) is 36.3 Å². The quantitative estimate of drug-likeness (QED) is 0.629. The van der Waals surface area contributed by atoms with E-state index in [4.69, 9.17) is 11.6 Å². The Balaban J connectivity index is 1.81. The summed E-state index contributed by atoms with van der Waals surface area (Å²) in [6.07, 6.45) is -3.03. The van der Waals surface area contributed by atoms with Crippen LogP contribution in [0, 0.1) is 0 Å². The van der Waals surface area contributed by atoms with Gasteiger partial charge >= 0.3 is 6.18 Å². The van der Waals surface area contributed by atoms with Crippen molar-refractivity contribution in [2.24, 2.45) is 0 Å². The molecule has 0 aliphatic rings. The summed E-state index contributed by atoms with van der Waals surface area (Å²) in [4.78, 5) is 8.24. The number of hydrogen-bond acceptors (Lipinski definition) is 4. The van der Waals surface area contributed by atoms with E-state index >= 15 is 0 Å². The van der Waals surface area contributed by atoms with E-state index in [-0.39, 0.29) is 16.7 Å². The number of alkyl halides is 3. The lowest BCUT2D eigenvalue weighted by Gasteiger charge is -2.12. The van der Waals surface area contributed by atoms with Gasteiger partial charge in [-0.2, -0.15) is 18.2 Å². The number of nitrogens with one attached hydrogen (secondary N) is 2. The topological polar surface area (TPSA) is 49.8 Å². The van der Waals surface area contributed by atoms with Crippen LogP contribution < -0.4 is 10.6 Å². The van der Waals surface area contributed by atoms with Crippen LogP contribution in [0.15, 0.2) is 60.8 Å². The van der Waals surface area contributed by atoms with E-state index in [9.17, 15) is 13.2 Å². The lowest BCUT2D eigenvalue weighted by molar-refractivity contribution is -0.137. The molecule has 0 saturated carbocycles. The smallest absolute Gasteiger partial charge is 0.340 e. The van der Waals surface area contributed by atoms with Crippen LogP contribution in [0.1, 0.15) is 5.56 Å². The van der Waals surface area contributed by atoms with Crippen molar-refractivity contribution in [2.75, 3.05) is 10.6 Å². The third kappa shape index (κ3) is 4.39. The van der Waals surface area contributed by atoms with E-state index in [0.29, 0.717) is 5.82 Å². The molecule has 0 spiro atoms. The molecule has 0 aliphatic heterocycles. The van der Waals surface area contributed by atoms with Crippen LogP contribution >= 0.6 is 11.6 Å². The average Bonchev–Trinajstić information content (AvgIpc) is 2.57. The minimum Gasteiger partial charge on any atom is -0.340 e. The highest BCUT2D eigenvalue weighted by molar-refractivity contribution is 6.31. The fourth-order valence-electron chi connectivity index (χ4n) is 2.11. The molecule has 3 aromatic rings. The van der Waals surface area contributed by atoms with Gasteiger partial charge in [0.15, 0.2) is 0 Å². The van der Waals surface area contributed by atoms with Crippen LogP contribution in [0.3, 0.4) is 0 Å². The molecular formula is C17H12ClF3N4. The van der Waals surface area contributed by atoms with E-state index in [2.05, 4.69) is 20.6 Å². The first-order valence-corrected chi connectivity index (χ1v) is 7.58. The van der Waals surface area contributed by atoms with Crippen LogP contribution in [0.5, 0.6) is 0 Å². The minimum absolute atomic E-state index is 0.163. The summed E-state index contributed by atoms with van der Waals surface area (Å²) in [6.45, 7) is 0. The van der Waals surface area contributed by atoms with Gasteiger partial charge in [0.25, 0.3) is 0 Å². The normalized spacial score (nSPS) is 11.2. The van der Waals surface area contributed by atoms with Gasteiger partial charge in [-0.3, -0.25) is 0 Å². The molecule has 2 N–H and O–H groups in total. The van der Waals surface area contributed by atoms with E-state index in [0.717, 1.165) is 11.8 Å². The number of para-hydroxylation sites is 1. The van der Waals surface area contributed by atoms with Crippen molar-refractivity contribution in [1.82, 2.24) is 9.97 Å². The highest BCUT2D eigenvalue weighted by atomic mass is 35.5. The molecule has 0 atom stereocenters. The van der Waals surface area contributed by atoms with Crippen molar-refractivity contribution >= 4 is 34.7 Å². The third-order valence-electron chi connectivity index (χ3n) is 3.23. The highest BCUT2D eigenvalue weighted by Crippen LogP contribution is 2.36. The zero-order valence-corrected chi connectivity index (χ0v) is 13.4. The second kappa shape index (κ2) is 6.98. The van der Waals surface area contributed by atoms with Gasteiger partial charge in [-0.1, -0.05) is 29.8 Å². The molecule has 0 saturated heterocycles. The van der Waals surface area contributed by atoms with Crippen LogP contribution in [0.25, 0.3) is 0 Å². The maximum absolute atomic E-state index is 12.9. The first-order valence-electron chi connectivity index (χ1n) is 7.21. The molecule has 0 fully saturated rings. The molecule has 0 radical (unpaired) electrons. The van der Waals surface area contributed by atoms with Gasteiger partial charge in [0.05, 0.1) is 10.6 Å². The second-order valence-corrected chi connectivity index (χ2v) is 5.48. The molecule has 128 valence electrons. The Morgan fingerprint density at radius 2 is 1.64 bits per heavy atom. The number of aromatic nitrogens is 2. The summed E-state index contributed by atoms with van der Waals surface area (Å²) < 4.78 is 38.8. The maximum atomic E-state index is 12.9. The Labute approximate surface area is 146 Å². The molecule has 8 heteroatoms. The SMILES string of the molecule is FC(F)(F)c1cc(Nc2nccc(Nc3ccccc3)n2)ccc1Cl. The number of nitrogens with zero attached hydrogens (tertiary/aromatic N) is 2. The fourth-order valence-corrected chi connectivity index (χ4v) is 2.33. The lowest BCUT2D eigenvalue weighted by atomic mass is 10.2. The van der Waals surface area contributed by atoms with Crippen molar-refractivity contribution < 1.29 is 13.2 Å². The van der Waals surface area contributed by atoms with Crippen molar-refractivity contribution in [3.05, 3.63) is 71.4 Å².